The first-order valence-corrected chi connectivity index (χ1v) is 6.62. The van der Waals surface area contributed by atoms with E-state index in [2.05, 4.69) is 10.1 Å². The highest BCUT2D eigenvalue weighted by atomic mass is 35.5. The average molecular weight is 301 g/mol. The summed E-state index contributed by atoms with van der Waals surface area (Å²) < 4.78 is 8.06. The number of benzene rings is 1. The molecule has 0 bridgehead atoms. The van der Waals surface area contributed by atoms with E-state index in [1.807, 2.05) is 0 Å². The van der Waals surface area contributed by atoms with Gasteiger partial charge in [0.05, 0.1) is 11.8 Å². The van der Waals surface area contributed by atoms with Crippen LogP contribution in [0, 0.1) is 0 Å². The minimum absolute atomic E-state index is 0.273. The molecule has 0 spiro atoms. The number of aromatic nitrogens is 4. The average Bonchev–Trinajstić information content (AvgIpc) is 3.13. The van der Waals surface area contributed by atoms with Gasteiger partial charge in [0.2, 0.25) is 5.82 Å². The lowest BCUT2D eigenvalue weighted by Gasteiger charge is -2.05. The monoisotopic (exact) mass is 300 g/mol. The normalized spacial score (nSPS) is 11.5. The Kier molecular flexibility index (Phi) is 2.43. The van der Waals surface area contributed by atoms with Crippen LogP contribution in [0.4, 0.5) is 0 Å². The third-order valence-electron chi connectivity index (χ3n) is 3.38. The van der Waals surface area contributed by atoms with Gasteiger partial charge in [-0.15, -0.1) is 5.10 Å². The molecule has 0 saturated carbocycles. The second-order valence-corrected chi connectivity index (χ2v) is 5.09. The predicted octanol–water partition coefficient (Wildman–Crippen LogP) is 2.49. The van der Waals surface area contributed by atoms with Crippen molar-refractivity contribution in [2.45, 2.75) is 0 Å². The molecule has 0 aliphatic carbocycles. The third-order valence-corrected chi connectivity index (χ3v) is 3.61. The number of aryl methyl sites for hydroxylation is 1. The fourth-order valence-electron chi connectivity index (χ4n) is 2.35. The molecule has 21 heavy (non-hydrogen) atoms. The molecule has 3 aromatic heterocycles. The van der Waals surface area contributed by atoms with Gasteiger partial charge >= 0.3 is 5.69 Å². The molecule has 0 N–H and O–H groups in total. The van der Waals surface area contributed by atoms with Gasteiger partial charge in [-0.05, 0) is 30.3 Å². The van der Waals surface area contributed by atoms with Crippen molar-refractivity contribution in [2.24, 2.45) is 7.05 Å². The van der Waals surface area contributed by atoms with E-state index in [-0.39, 0.29) is 5.69 Å². The molecule has 1 aromatic carbocycles. The van der Waals surface area contributed by atoms with Crippen LogP contribution in [-0.2, 0) is 7.05 Å². The highest BCUT2D eigenvalue weighted by molar-refractivity contribution is 6.31. The minimum Gasteiger partial charge on any atom is -0.461 e. The molecule has 7 heteroatoms. The van der Waals surface area contributed by atoms with Crippen LogP contribution in [0.3, 0.4) is 0 Å². The van der Waals surface area contributed by atoms with E-state index in [9.17, 15) is 4.79 Å². The summed E-state index contributed by atoms with van der Waals surface area (Å²) in [5.74, 6) is 0.875. The Bertz CT molecular complexity index is 1030. The van der Waals surface area contributed by atoms with Crippen LogP contribution >= 0.6 is 11.6 Å². The molecule has 0 unspecified atom stereocenters. The van der Waals surface area contributed by atoms with Crippen molar-refractivity contribution in [3.05, 3.63) is 52.1 Å². The van der Waals surface area contributed by atoms with Crippen molar-refractivity contribution in [1.82, 2.24) is 19.2 Å². The van der Waals surface area contributed by atoms with Crippen LogP contribution in [0.25, 0.3) is 28.1 Å². The highest BCUT2D eigenvalue weighted by Gasteiger charge is 2.15. The first kappa shape index (κ1) is 12.2. The molecule has 0 fully saturated rings. The first-order chi connectivity index (χ1) is 10.1. The number of nitrogens with zero attached hydrogens (tertiary/aromatic N) is 4. The summed E-state index contributed by atoms with van der Waals surface area (Å²) in [6.45, 7) is 0. The molecule has 4 aromatic rings. The number of furan rings is 1. The van der Waals surface area contributed by atoms with Gasteiger partial charge in [-0.1, -0.05) is 11.6 Å². The zero-order chi connectivity index (χ0) is 14.6. The minimum atomic E-state index is -0.273. The molecule has 0 amide bonds. The third kappa shape index (κ3) is 1.69. The van der Waals surface area contributed by atoms with E-state index >= 15 is 0 Å². The Morgan fingerprint density at radius 3 is 2.90 bits per heavy atom. The summed E-state index contributed by atoms with van der Waals surface area (Å²) in [7, 11) is 1.69. The van der Waals surface area contributed by atoms with Gasteiger partial charge < -0.3 is 4.42 Å². The Morgan fingerprint density at radius 2 is 2.14 bits per heavy atom. The summed E-state index contributed by atoms with van der Waals surface area (Å²) in [5.41, 5.74) is 0.933. The van der Waals surface area contributed by atoms with Gasteiger partial charge in [-0.2, -0.15) is 4.52 Å². The maximum Gasteiger partial charge on any atom is 0.350 e. The van der Waals surface area contributed by atoms with Gasteiger partial charge in [0.25, 0.3) is 0 Å². The molecule has 4 rings (SSSR count). The summed E-state index contributed by atoms with van der Waals surface area (Å²) in [6, 6.07) is 8.79. The van der Waals surface area contributed by atoms with E-state index in [0.717, 1.165) is 10.9 Å². The highest BCUT2D eigenvalue weighted by Crippen LogP contribution is 2.23. The van der Waals surface area contributed by atoms with Crippen LogP contribution < -0.4 is 5.69 Å². The number of hydrogen-bond donors (Lipinski definition) is 0. The molecule has 3 heterocycles. The Morgan fingerprint density at radius 1 is 1.29 bits per heavy atom. The number of hydrogen-bond acceptors (Lipinski definition) is 4. The summed E-state index contributed by atoms with van der Waals surface area (Å²) >= 11 is 6.05. The molecule has 0 atom stereocenters. The van der Waals surface area contributed by atoms with Crippen molar-refractivity contribution in [1.29, 1.82) is 0 Å². The summed E-state index contributed by atoms with van der Waals surface area (Å²) in [6.07, 6.45) is 1.54. The second kappa shape index (κ2) is 4.20. The van der Waals surface area contributed by atoms with Crippen LogP contribution in [0.2, 0.25) is 5.02 Å². The smallest absolute Gasteiger partial charge is 0.350 e. The van der Waals surface area contributed by atoms with Gasteiger partial charge in [-0.3, -0.25) is 4.57 Å². The lowest BCUT2D eigenvalue weighted by Crippen LogP contribution is -2.25. The zero-order valence-corrected chi connectivity index (χ0v) is 11.7. The maximum absolute atomic E-state index is 12.4. The summed E-state index contributed by atoms with van der Waals surface area (Å²) in [4.78, 5) is 16.8. The van der Waals surface area contributed by atoms with E-state index in [1.54, 1.807) is 37.4 Å². The zero-order valence-electron chi connectivity index (χ0n) is 10.9. The van der Waals surface area contributed by atoms with E-state index in [4.69, 9.17) is 16.0 Å². The van der Waals surface area contributed by atoms with Gasteiger partial charge in [0.1, 0.15) is 0 Å². The van der Waals surface area contributed by atoms with Crippen molar-refractivity contribution in [3.8, 4) is 11.6 Å². The molecular formula is C14H9ClN4O2. The van der Waals surface area contributed by atoms with Crippen molar-refractivity contribution >= 4 is 28.2 Å². The van der Waals surface area contributed by atoms with Gasteiger partial charge in [-0.25, -0.2) is 9.78 Å². The second-order valence-electron chi connectivity index (χ2n) is 4.65. The lowest BCUT2D eigenvalue weighted by molar-refractivity contribution is 0.577. The van der Waals surface area contributed by atoms with Gasteiger partial charge in [0, 0.05) is 17.5 Å². The Hall–Kier alpha value is -2.60. The van der Waals surface area contributed by atoms with Crippen LogP contribution in [0.5, 0.6) is 0 Å². The topological polar surface area (TPSA) is 65.3 Å². The Balaban J connectivity index is 2.19. The standard InChI is InChI=1S/C14H9ClN4O2/c1-18-10-5-4-8(15)7-9(10)13-16-12(11-3-2-6-21-11)17-19(13)14(18)20/h2-7H,1H3. The van der Waals surface area contributed by atoms with Crippen molar-refractivity contribution < 1.29 is 4.42 Å². The van der Waals surface area contributed by atoms with Crippen LogP contribution in [-0.4, -0.2) is 19.2 Å². The van der Waals surface area contributed by atoms with Crippen LogP contribution in [0.1, 0.15) is 0 Å². The molecule has 6 nitrogen and oxygen atoms in total. The molecule has 0 radical (unpaired) electrons. The largest absolute Gasteiger partial charge is 0.461 e. The number of rotatable bonds is 1. The molecule has 0 aliphatic rings. The summed E-state index contributed by atoms with van der Waals surface area (Å²) in [5, 5.41) is 5.56. The maximum atomic E-state index is 12.4. The lowest BCUT2D eigenvalue weighted by atomic mass is 10.2. The predicted molar refractivity (Wildman–Crippen MR) is 78.4 cm³/mol. The number of fused-ring (bicyclic) bond motifs is 3. The molecular weight excluding hydrogens is 292 g/mol. The van der Waals surface area contributed by atoms with Crippen LogP contribution in [0.15, 0.2) is 45.8 Å². The fraction of sp³-hybridized carbons (Fsp3) is 0.0714. The quantitative estimate of drug-likeness (QED) is 0.542. The van der Waals surface area contributed by atoms with Crippen molar-refractivity contribution in [2.75, 3.05) is 0 Å². The van der Waals surface area contributed by atoms with E-state index < -0.39 is 0 Å². The Labute approximate surface area is 123 Å². The van der Waals surface area contributed by atoms with Gasteiger partial charge in [0.15, 0.2) is 11.4 Å². The molecule has 0 aliphatic heterocycles. The van der Waals surface area contributed by atoms with E-state index in [1.165, 1.54) is 15.3 Å². The van der Waals surface area contributed by atoms with E-state index in [0.29, 0.717) is 22.3 Å². The fourth-order valence-corrected chi connectivity index (χ4v) is 2.53. The number of halogens is 1. The molecule has 0 saturated heterocycles. The molecule has 104 valence electrons. The first-order valence-electron chi connectivity index (χ1n) is 6.24. The SMILES string of the molecule is Cn1c(=O)n2nc(-c3ccco3)nc2c2cc(Cl)ccc21. The van der Waals surface area contributed by atoms with Crippen molar-refractivity contribution in [3.63, 3.8) is 0 Å².